The highest BCUT2D eigenvalue weighted by molar-refractivity contribution is 7.13. The van der Waals surface area contributed by atoms with Crippen LogP contribution in [-0.4, -0.2) is 57.1 Å². The molecule has 13 heteroatoms. The Hall–Kier alpha value is -4.91. The van der Waals surface area contributed by atoms with E-state index in [0.717, 1.165) is 23.0 Å². The summed E-state index contributed by atoms with van der Waals surface area (Å²) in [7, 11) is 0.970. The van der Waals surface area contributed by atoms with Crippen LogP contribution in [0.1, 0.15) is 11.3 Å². The molecule has 3 aromatic carbocycles. The highest BCUT2D eigenvalue weighted by atomic mass is 32.1. The lowest BCUT2D eigenvalue weighted by Crippen LogP contribution is -2.50. The lowest BCUT2D eigenvalue weighted by molar-refractivity contribution is -0.144. The summed E-state index contributed by atoms with van der Waals surface area (Å²) in [5, 5.41) is 0.574. The standard InChI is InChI=1S/C32H28F3N5O4S/c1-20-8-10-25(44-19-29(42)39-14-12-38(13-15-39)21-6-4-3-5-7-21)23(16-20)30-24-17-22(9-11-26(24)45-36-30)40-28(41)18-27(32(33,34)35)37(2)31(40)43/h3-11,16-18H,12-15,19H2,1-2H3. The minimum atomic E-state index is -4.86. The molecule has 45 heavy (non-hydrogen) atoms. The molecule has 9 nitrogen and oxygen atoms in total. The number of para-hydroxylation sites is 1. The molecular formula is C32H28F3N5O4S. The van der Waals surface area contributed by atoms with Crippen LogP contribution in [0.15, 0.2) is 82.4 Å². The maximum Gasteiger partial charge on any atom is 0.431 e. The molecule has 0 unspecified atom stereocenters. The van der Waals surface area contributed by atoms with Gasteiger partial charge in [0.2, 0.25) is 0 Å². The van der Waals surface area contributed by atoms with Crippen molar-refractivity contribution in [3.05, 3.63) is 105 Å². The molecule has 0 bridgehead atoms. The molecule has 6 rings (SSSR count). The molecule has 5 aromatic rings. The third kappa shape index (κ3) is 5.95. The van der Waals surface area contributed by atoms with E-state index in [1.54, 1.807) is 23.1 Å². The predicted molar refractivity (Wildman–Crippen MR) is 166 cm³/mol. The van der Waals surface area contributed by atoms with Crippen molar-refractivity contribution in [1.29, 1.82) is 0 Å². The molecule has 3 heterocycles. The molecule has 1 aliphatic heterocycles. The third-order valence-electron chi connectivity index (χ3n) is 7.82. The number of halogens is 3. The molecule has 1 aliphatic rings. The first-order valence-electron chi connectivity index (χ1n) is 14.1. The number of alkyl halides is 3. The van der Waals surface area contributed by atoms with E-state index in [9.17, 15) is 27.6 Å². The number of anilines is 1. The van der Waals surface area contributed by atoms with Gasteiger partial charge in [0.1, 0.15) is 11.4 Å². The van der Waals surface area contributed by atoms with Crippen molar-refractivity contribution in [3.63, 3.8) is 0 Å². The van der Waals surface area contributed by atoms with Crippen LogP contribution in [0, 0.1) is 6.92 Å². The lowest BCUT2D eigenvalue weighted by Gasteiger charge is -2.36. The number of carbonyl (C=O) groups is 1. The second-order valence-corrected chi connectivity index (χ2v) is 11.6. The van der Waals surface area contributed by atoms with Gasteiger partial charge in [-0.15, -0.1) is 0 Å². The highest BCUT2D eigenvalue weighted by Gasteiger charge is 2.35. The molecule has 0 spiro atoms. The van der Waals surface area contributed by atoms with E-state index in [1.165, 1.54) is 17.6 Å². The number of benzene rings is 3. The first kappa shape index (κ1) is 30.1. The fourth-order valence-electron chi connectivity index (χ4n) is 5.43. The highest BCUT2D eigenvalue weighted by Crippen LogP contribution is 2.38. The Bertz CT molecular complexity index is 2010. The molecule has 2 aromatic heterocycles. The van der Waals surface area contributed by atoms with Gasteiger partial charge < -0.3 is 14.5 Å². The lowest BCUT2D eigenvalue weighted by atomic mass is 10.0. The Morgan fingerprint density at radius 3 is 2.38 bits per heavy atom. The molecular weight excluding hydrogens is 607 g/mol. The number of fused-ring (bicyclic) bond motifs is 1. The first-order chi connectivity index (χ1) is 21.5. The largest absolute Gasteiger partial charge is 0.483 e. The molecule has 1 fully saturated rings. The average molecular weight is 636 g/mol. The van der Waals surface area contributed by atoms with Crippen LogP contribution in [0.5, 0.6) is 5.75 Å². The smallest absolute Gasteiger partial charge is 0.431 e. The van der Waals surface area contributed by atoms with Gasteiger partial charge >= 0.3 is 11.9 Å². The second kappa shape index (κ2) is 11.9. The van der Waals surface area contributed by atoms with Crippen molar-refractivity contribution >= 4 is 33.2 Å². The van der Waals surface area contributed by atoms with Gasteiger partial charge in [-0.25, -0.2) is 9.36 Å². The molecule has 0 aliphatic carbocycles. The van der Waals surface area contributed by atoms with Gasteiger partial charge in [0.15, 0.2) is 6.61 Å². The van der Waals surface area contributed by atoms with E-state index >= 15 is 0 Å². The number of aryl methyl sites for hydroxylation is 1. The summed E-state index contributed by atoms with van der Waals surface area (Å²) in [6, 6.07) is 20.6. The molecule has 0 N–H and O–H groups in total. The number of rotatable bonds is 6. The summed E-state index contributed by atoms with van der Waals surface area (Å²) in [5.41, 5.74) is -0.328. The average Bonchev–Trinajstić information content (AvgIpc) is 3.45. The maximum atomic E-state index is 13.4. The van der Waals surface area contributed by atoms with Crippen molar-refractivity contribution in [2.75, 3.05) is 37.7 Å². The molecule has 1 amide bonds. The number of piperazine rings is 1. The molecule has 232 valence electrons. The van der Waals surface area contributed by atoms with Gasteiger partial charge in [-0.3, -0.25) is 14.2 Å². The Labute approximate surface area is 259 Å². The van der Waals surface area contributed by atoms with Gasteiger partial charge in [0.25, 0.3) is 11.5 Å². The quantitative estimate of drug-likeness (QED) is 0.265. The minimum absolute atomic E-state index is 0.100. The summed E-state index contributed by atoms with van der Waals surface area (Å²) in [6.45, 7) is 4.29. The maximum absolute atomic E-state index is 13.4. The van der Waals surface area contributed by atoms with E-state index < -0.39 is 23.1 Å². The van der Waals surface area contributed by atoms with Crippen molar-refractivity contribution < 1.29 is 22.7 Å². The van der Waals surface area contributed by atoms with Crippen LogP contribution in [0.25, 0.3) is 27.0 Å². The van der Waals surface area contributed by atoms with Crippen molar-refractivity contribution in [2.24, 2.45) is 7.05 Å². The normalized spacial score (nSPS) is 13.8. The molecule has 0 radical (unpaired) electrons. The van der Waals surface area contributed by atoms with Gasteiger partial charge in [-0.05, 0) is 60.9 Å². The minimum Gasteiger partial charge on any atom is -0.483 e. The van der Waals surface area contributed by atoms with Crippen LogP contribution >= 0.6 is 11.5 Å². The third-order valence-corrected chi connectivity index (χ3v) is 8.64. The van der Waals surface area contributed by atoms with E-state index in [2.05, 4.69) is 9.27 Å². The zero-order valence-electron chi connectivity index (χ0n) is 24.4. The number of nitrogens with zero attached hydrogens (tertiary/aromatic N) is 5. The Morgan fingerprint density at radius 2 is 1.67 bits per heavy atom. The van der Waals surface area contributed by atoms with Crippen LogP contribution in [-0.2, 0) is 18.0 Å². The Kier molecular flexibility index (Phi) is 7.96. The monoisotopic (exact) mass is 635 g/mol. The summed E-state index contributed by atoms with van der Waals surface area (Å²) >= 11 is 1.19. The van der Waals surface area contributed by atoms with E-state index in [4.69, 9.17) is 4.74 Å². The summed E-state index contributed by atoms with van der Waals surface area (Å²) in [6.07, 6.45) is -4.86. The fourth-order valence-corrected chi connectivity index (χ4v) is 6.20. The van der Waals surface area contributed by atoms with Gasteiger partial charge in [-0.1, -0.05) is 29.8 Å². The van der Waals surface area contributed by atoms with Gasteiger partial charge in [0, 0.05) is 55.9 Å². The van der Waals surface area contributed by atoms with Gasteiger partial charge in [0.05, 0.1) is 16.1 Å². The number of hydrogen-bond donors (Lipinski definition) is 0. The van der Waals surface area contributed by atoms with Crippen LogP contribution in [0.2, 0.25) is 0 Å². The summed E-state index contributed by atoms with van der Waals surface area (Å²) in [5.74, 6) is 0.286. The number of carbonyl (C=O) groups excluding carboxylic acids is 1. The summed E-state index contributed by atoms with van der Waals surface area (Å²) < 4.78 is 52.6. The molecule has 1 saturated heterocycles. The molecule has 0 atom stereocenters. The number of aromatic nitrogens is 3. The van der Waals surface area contributed by atoms with Crippen LogP contribution in [0.4, 0.5) is 18.9 Å². The topological polar surface area (TPSA) is 89.7 Å². The predicted octanol–water partition coefficient (Wildman–Crippen LogP) is 4.87. The van der Waals surface area contributed by atoms with Gasteiger partial charge in [-0.2, -0.15) is 17.5 Å². The zero-order chi connectivity index (χ0) is 31.9. The first-order valence-corrected chi connectivity index (χ1v) is 14.9. The molecule has 0 saturated carbocycles. The van der Waals surface area contributed by atoms with Crippen LogP contribution < -0.4 is 20.9 Å². The van der Waals surface area contributed by atoms with Crippen LogP contribution in [0.3, 0.4) is 0 Å². The Morgan fingerprint density at radius 1 is 0.933 bits per heavy atom. The zero-order valence-corrected chi connectivity index (χ0v) is 25.2. The summed E-state index contributed by atoms with van der Waals surface area (Å²) in [4.78, 5) is 42.8. The number of ether oxygens (including phenoxy) is 1. The van der Waals surface area contributed by atoms with Crippen molar-refractivity contribution in [3.8, 4) is 22.7 Å². The second-order valence-electron chi connectivity index (χ2n) is 10.7. The van der Waals surface area contributed by atoms with E-state index in [0.29, 0.717) is 63.8 Å². The SMILES string of the molecule is Cc1ccc(OCC(=O)N2CCN(c3ccccc3)CC2)c(-c2nsc3ccc(-n4c(=O)cc(C(F)(F)F)n(C)c4=O)cc23)c1. The number of amides is 1. The van der Waals surface area contributed by atoms with Crippen molar-refractivity contribution in [2.45, 2.75) is 13.1 Å². The Balaban J connectivity index is 1.26. The van der Waals surface area contributed by atoms with E-state index in [1.807, 2.05) is 49.4 Å². The number of hydrogen-bond acceptors (Lipinski definition) is 7. The van der Waals surface area contributed by atoms with Crippen molar-refractivity contribution in [1.82, 2.24) is 18.4 Å². The fraction of sp³-hybridized carbons (Fsp3) is 0.250. The van der Waals surface area contributed by atoms with E-state index in [-0.39, 0.29) is 18.2 Å².